The normalized spacial score (nSPS) is 11.2. The van der Waals surface area contributed by atoms with Gasteiger partial charge in [-0.1, -0.05) is 35.2 Å². The van der Waals surface area contributed by atoms with Gasteiger partial charge in [0.05, 0.1) is 23.4 Å². The van der Waals surface area contributed by atoms with Gasteiger partial charge in [-0.15, -0.1) is 0 Å². The fourth-order valence-electron chi connectivity index (χ4n) is 3.50. The molecule has 176 valence electrons. The minimum atomic E-state index is -0.457. The number of non-ortho nitro benzene ring substituents is 1. The fourth-order valence-corrected chi connectivity index (χ4v) is 5.70. The van der Waals surface area contributed by atoms with Gasteiger partial charge >= 0.3 is 0 Å². The number of nitrogens with zero attached hydrogens (tertiary/aromatic N) is 4. The predicted octanol–water partition coefficient (Wildman–Crippen LogP) is 5.96. The first-order valence-electron chi connectivity index (χ1n) is 10.2. The van der Waals surface area contributed by atoms with Crippen LogP contribution in [-0.2, 0) is 12.3 Å². The van der Waals surface area contributed by atoms with Crippen molar-refractivity contribution in [1.29, 1.82) is 0 Å². The Morgan fingerprint density at radius 3 is 2.69 bits per heavy atom. The highest BCUT2D eigenvalue weighted by atomic mass is 32.2. The fraction of sp³-hybridized carbons (Fsp3) is 0.0870. The van der Waals surface area contributed by atoms with E-state index in [1.54, 1.807) is 29.0 Å². The molecular formula is C23H15FN4O4S3. The molecule has 5 rings (SSSR count). The number of thiazole rings is 1. The van der Waals surface area contributed by atoms with Crippen LogP contribution in [0.4, 0.5) is 10.1 Å². The molecule has 0 saturated carbocycles. The van der Waals surface area contributed by atoms with E-state index in [1.807, 2.05) is 6.07 Å². The van der Waals surface area contributed by atoms with E-state index in [2.05, 4.69) is 0 Å². The third-order valence-corrected chi connectivity index (χ3v) is 7.56. The Morgan fingerprint density at radius 1 is 1.17 bits per heavy atom. The van der Waals surface area contributed by atoms with Crippen molar-refractivity contribution in [3.05, 3.63) is 108 Å². The molecule has 0 amide bonds. The van der Waals surface area contributed by atoms with E-state index in [4.69, 9.17) is 21.6 Å². The van der Waals surface area contributed by atoms with Crippen molar-refractivity contribution in [2.24, 2.45) is 0 Å². The first kappa shape index (κ1) is 23.1. The van der Waals surface area contributed by atoms with Crippen molar-refractivity contribution in [3.63, 3.8) is 0 Å². The van der Waals surface area contributed by atoms with Gasteiger partial charge in [-0.2, -0.15) is 0 Å². The van der Waals surface area contributed by atoms with E-state index >= 15 is 0 Å². The average Bonchev–Trinajstić information content (AvgIpc) is 3.47. The maximum atomic E-state index is 13.6. The van der Waals surface area contributed by atoms with E-state index in [0.29, 0.717) is 48.8 Å². The van der Waals surface area contributed by atoms with Gasteiger partial charge in [-0.05, 0) is 54.2 Å². The third-order valence-electron chi connectivity index (χ3n) is 5.13. The molecule has 35 heavy (non-hydrogen) atoms. The average molecular weight is 527 g/mol. The van der Waals surface area contributed by atoms with Crippen LogP contribution in [0.5, 0.6) is 0 Å². The van der Waals surface area contributed by atoms with Gasteiger partial charge in [-0.25, -0.2) is 9.37 Å². The molecule has 12 heteroatoms. The number of hydrogen-bond donors (Lipinski definition) is 0. The summed E-state index contributed by atoms with van der Waals surface area (Å²) in [5.74, 6) is 0.558. The molecule has 0 aliphatic rings. The maximum absolute atomic E-state index is 13.6. The van der Waals surface area contributed by atoms with Crippen molar-refractivity contribution in [2.75, 3.05) is 0 Å². The Labute approximate surface area is 210 Å². The maximum Gasteiger partial charge on any atom is 0.278 e. The van der Waals surface area contributed by atoms with Gasteiger partial charge in [0.1, 0.15) is 16.3 Å². The summed E-state index contributed by atoms with van der Waals surface area (Å²) in [6.07, 6.45) is 1.56. The van der Waals surface area contributed by atoms with Crippen LogP contribution in [0, 0.1) is 19.9 Å². The van der Waals surface area contributed by atoms with Crippen LogP contribution in [-0.4, -0.2) is 19.0 Å². The van der Waals surface area contributed by atoms with Gasteiger partial charge in [0.25, 0.3) is 11.2 Å². The van der Waals surface area contributed by atoms with Gasteiger partial charge in [0.15, 0.2) is 14.8 Å². The molecule has 2 aromatic carbocycles. The molecule has 0 aliphatic carbocycles. The van der Waals surface area contributed by atoms with Crippen molar-refractivity contribution < 1.29 is 13.7 Å². The van der Waals surface area contributed by atoms with Gasteiger partial charge in [-0.3, -0.25) is 24.0 Å². The summed E-state index contributed by atoms with van der Waals surface area (Å²) in [7, 11) is 0. The van der Waals surface area contributed by atoms with E-state index in [1.165, 1.54) is 52.7 Å². The van der Waals surface area contributed by atoms with E-state index in [-0.39, 0.29) is 11.2 Å². The molecular weight excluding hydrogens is 511 g/mol. The second-order valence-corrected chi connectivity index (χ2v) is 10.00. The lowest BCUT2D eigenvalue weighted by Gasteiger charge is -2.13. The molecule has 5 aromatic rings. The highest BCUT2D eigenvalue weighted by Gasteiger charge is 2.19. The Bertz CT molecular complexity index is 1660. The van der Waals surface area contributed by atoms with E-state index in [0.717, 1.165) is 11.3 Å². The lowest BCUT2D eigenvalue weighted by Crippen LogP contribution is -2.21. The van der Waals surface area contributed by atoms with Crippen LogP contribution in [0.15, 0.2) is 81.3 Å². The van der Waals surface area contributed by atoms with Crippen molar-refractivity contribution >= 4 is 51.4 Å². The molecule has 0 atom stereocenters. The molecule has 3 heterocycles. The molecule has 0 fully saturated rings. The summed E-state index contributed by atoms with van der Waals surface area (Å²) in [6, 6.07) is 15.4. The quantitative estimate of drug-likeness (QED) is 0.0849. The van der Waals surface area contributed by atoms with Crippen molar-refractivity contribution in [3.8, 4) is 5.69 Å². The molecule has 8 nitrogen and oxygen atoms in total. The smallest absolute Gasteiger partial charge is 0.278 e. The summed E-state index contributed by atoms with van der Waals surface area (Å²) >= 11 is 7.91. The number of rotatable bonds is 7. The van der Waals surface area contributed by atoms with Gasteiger partial charge in [0.2, 0.25) is 0 Å². The van der Waals surface area contributed by atoms with Crippen LogP contribution < -0.4 is 5.56 Å². The molecule has 3 aromatic heterocycles. The summed E-state index contributed by atoms with van der Waals surface area (Å²) in [5, 5.41) is 11.5. The monoisotopic (exact) mass is 526 g/mol. The number of nitro benzene ring substituents is 1. The van der Waals surface area contributed by atoms with Crippen LogP contribution in [0.25, 0.3) is 16.0 Å². The number of furan rings is 1. The number of hydrogen-bond acceptors (Lipinski definition) is 8. The summed E-state index contributed by atoms with van der Waals surface area (Å²) in [6.45, 7) is 0.313. The first-order chi connectivity index (χ1) is 16.9. The van der Waals surface area contributed by atoms with Crippen LogP contribution >= 0.6 is 35.3 Å². The zero-order valence-corrected chi connectivity index (χ0v) is 20.2. The molecule has 0 aliphatic heterocycles. The molecule has 0 saturated heterocycles. The minimum absolute atomic E-state index is 0.0210. The van der Waals surface area contributed by atoms with Crippen LogP contribution in [0.2, 0.25) is 0 Å². The number of nitro groups is 1. The number of halogens is 1. The molecule has 0 radical (unpaired) electrons. The molecule has 0 N–H and O–H groups in total. The third kappa shape index (κ3) is 4.67. The number of thioether (sulfide) groups is 1. The topological polar surface area (TPSA) is 96.1 Å². The van der Waals surface area contributed by atoms with Gasteiger partial charge in [0, 0.05) is 17.9 Å². The largest absolute Gasteiger partial charge is 0.467 e. The minimum Gasteiger partial charge on any atom is -0.467 e. The lowest BCUT2D eigenvalue weighted by molar-refractivity contribution is -0.384. The molecule has 0 unspecified atom stereocenters. The number of benzene rings is 2. The Morgan fingerprint density at radius 2 is 1.97 bits per heavy atom. The standard InChI is InChI=1S/C23H15FN4O4S3/c24-15-6-8-16(9-7-15)27-21(29)19-20(26(23(33)35-19)12-18-5-2-10-32-18)25-22(27)34-13-14-3-1-4-17(11-14)28(30)31/h1-11H,12-13H2. The summed E-state index contributed by atoms with van der Waals surface area (Å²) < 4.78 is 23.0. The van der Waals surface area contributed by atoms with Gasteiger partial charge < -0.3 is 4.42 Å². The summed E-state index contributed by atoms with van der Waals surface area (Å²) in [5.41, 5.74) is 1.21. The summed E-state index contributed by atoms with van der Waals surface area (Å²) in [4.78, 5) is 29.1. The number of fused-ring (bicyclic) bond motifs is 1. The Kier molecular flexibility index (Phi) is 6.32. The SMILES string of the molecule is O=c1c2sc(=S)n(Cc3ccco3)c2nc(SCc2cccc([N+](=O)[O-])c2)n1-c1ccc(F)cc1. The Hall–Kier alpha value is -3.61. The van der Waals surface area contributed by atoms with Crippen molar-refractivity contribution in [2.45, 2.75) is 17.5 Å². The lowest BCUT2D eigenvalue weighted by atomic mass is 10.2. The highest BCUT2D eigenvalue weighted by molar-refractivity contribution is 7.98. The second kappa shape index (κ2) is 9.56. The van der Waals surface area contributed by atoms with Crippen LogP contribution in [0.3, 0.4) is 0 Å². The second-order valence-electron chi connectivity index (χ2n) is 7.41. The zero-order valence-electron chi connectivity index (χ0n) is 17.8. The van der Waals surface area contributed by atoms with Crippen molar-refractivity contribution in [1.82, 2.24) is 14.1 Å². The van der Waals surface area contributed by atoms with Crippen LogP contribution in [0.1, 0.15) is 11.3 Å². The molecule has 0 spiro atoms. The zero-order chi connectivity index (χ0) is 24.5. The van der Waals surface area contributed by atoms with E-state index in [9.17, 15) is 19.3 Å². The predicted molar refractivity (Wildman–Crippen MR) is 134 cm³/mol. The first-order valence-corrected chi connectivity index (χ1v) is 12.4. The number of aromatic nitrogens is 3. The highest BCUT2D eigenvalue weighted by Crippen LogP contribution is 2.28. The molecule has 0 bridgehead atoms. The van der Waals surface area contributed by atoms with E-state index < -0.39 is 10.7 Å². The Balaban J connectivity index is 1.64.